The minimum atomic E-state index is -3.57. The van der Waals surface area contributed by atoms with Crippen LogP contribution in [0.3, 0.4) is 0 Å². The zero-order valence-corrected chi connectivity index (χ0v) is 28.2. The number of H-pyrrole nitrogens is 1. The van der Waals surface area contributed by atoms with E-state index in [0.717, 1.165) is 67.2 Å². The van der Waals surface area contributed by atoms with Crippen LogP contribution in [-0.4, -0.2) is 105 Å². The van der Waals surface area contributed by atoms with Crippen LogP contribution >= 0.6 is 0 Å². The summed E-state index contributed by atoms with van der Waals surface area (Å²) in [5, 5.41) is 18.0. The van der Waals surface area contributed by atoms with Crippen molar-refractivity contribution in [3.63, 3.8) is 0 Å². The molecule has 254 valence electrons. The zero-order valence-electron chi connectivity index (χ0n) is 27.4. The Morgan fingerprint density at radius 1 is 1.02 bits per heavy atom. The lowest BCUT2D eigenvalue weighted by Gasteiger charge is -2.26. The number of hydrogen-bond donors (Lipinski definition) is 4. The Kier molecular flexibility index (Phi) is 10.3. The minimum absolute atomic E-state index is 0.114. The number of carbonyl (C=O) groups excluding carboxylic acids is 2. The minimum Gasteiger partial charge on any atom is -0.379 e. The quantitative estimate of drug-likeness (QED) is 0.255. The van der Waals surface area contributed by atoms with Gasteiger partial charge in [-0.05, 0) is 66.3 Å². The molecule has 3 fully saturated rings. The zero-order chi connectivity index (χ0) is 33.8. The van der Waals surface area contributed by atoms with Crippen molar-refractivity contribution >= 4 is 21.8 Å². The lowest BCUT2D eigenvalue weighted by molar-refractivity contribution is -0.123. The van der Waals surface area contributed by atoms with Gasteiger partial charge in [0.15, 0.2) is 0 Å². The highest BCUT2D eigenvalue weighted by molar-refractivity contribution is 7.88. The molecule has 4 atom stereocenters. The molecule has 4 N–H and O–H groups in total. The van der Waals surface area contributed by atoms with E-state index in [2.05, 4.69) is 62.2 Å². The highest BCUT2D eigenvalue weighted by Crippen LogP contribution is 2.27. The molecule has 4 heterocycles. The maximum absolute atomic E-state index is 13.3. The number of ether oxygens (including phenoxy) is 1. The first-order chi connectivity index (χ1) is 23.1. The first kappa shape index (κ1) is 33.8. The molecular weight excluding hydrogens is 630 g/mol. The van der Waals surface area contributed by atoms with E-state index < -0.39 is 28.1 Å². The van der Waals surface area contributed by atoms with Gasteiger partial charge in [-0.1, -0.05) is 30.3 Å². The fourth-order valence-corrected chi connectivity index (χ4v) is 8.00. The van der Waals surface area contributed by atoms with Crippen LogP contribution in [0.2, 0.25) is 0 Å². The number of amides is 2. The number of aryl methyl sites for hydroxylation is 1. The molecule has 1 aromatic heterocycles. The van der Waals surface area contributed by atoms with Crippen molar-refractivity contribution in [2.45, 2.75) is 44.4 Å². The van der Waals surface area contributed by atoms with Gasteiger partial charge in [-0.15, -0.1) is 0 Å². The van der Waals surface area contributed by atoms with E-state index in [1.54, 1.807) is 6.07 Å². The number of aromatic nitrogens is 1. The van der Waals surface area contributed by atoms with E-state index in [1.807, 2.05) is 25.1 Å². The Morgan fingerprint density at radius 3 is 2.40 bits per heavy atom. The number of aromatic amines is 1. The Labute approximate surface area is 281 Å². The third-order valence-electron chi connectivity index (χ3n) is 9.51. The topological polar surface area (TPSA) is 160 Å². The van der Waals surface area contributed by atoms with Gasteiger partial charge in [0.1, 0.15) is 0 Å². The molecule has 6 rings (SSSR count). The summed E-state index contributed by atoms with van der Waals surface area (Å²) in [7, 11) is -3.57. The lowest BCUT2D eigenvalue weighted by Crippen LogP contribution is -2.46. The van der Waals surface area contributed by atoms with Gasteiger partial charge in [-0.25, -0.2) is 8.42 Å². The first-order valence-corrected chi connectivity index (χ1v) is 18.3. The van der Waals surface area contributed by atoms with Crippen molar-refractivity contribution in [3.05, 3.63) is 71.3 Å². The standard InChI is InChI=1S/C35H43N7O5S/c1-23-15-27(32-10-9-31(40-32)26-5-3-24(4-6-26)21-41-11-13-47-14-12-41)7-8-30(23)34(43)38-20-29-17-28(22-42(29)48(2,45)46)39-35(44)33-16-25(18-36)19-37-33/h3-10,15,25,28-29,33,37,40H,11-14,16-17,19-22H2,1-2H3,(H,38,43)(H,39,44)/t25-,28-,29-,33+/m1/s1. The molecule has 3 saturated heterocycles. The predicted molar refractivity (Wildman–Crippen MR) is 182 cm³/mol. The van der Waals surface area contributed by atoms with E-state index in [1.165, 1.54) is 9.87 Å². The summed E-state index contributed by atoms with van der Waals surface area (Å²) in [6.45, 7) is 6.98. The number of nitriles is 1. The molecule has 13 heteroatoms. The van der Waals surface area contributed by atoms with Crippen molar-refractivity contribution < 1.29 is 22.7 Å². The largest absolute Gasteiger partial charge is 0.379 e. The number of nitrogens with one attached hydrogen (secondary N) is 4. The van der Waals surface area contributed by atoms with Crippen molar-refractivity contribution in [2.24, 2.45) is 5.92 Å². The number of rotatable bonds is 10. The van der Waals surface area contributed by atoms with Gasteiger partial charge < -0.3 is 25.7 Å². The highest BCUT2D eigenvalue weighted by atomic mass is 32.2. The maximum Gasteiger partial charge on any atom is 0.251 e. The van der Waals surface area contributed by atoms with Crippen LogP contribution in [0, 0.1) is 24.2 Å². The van der Waals surface area contributed by atoms with E-state index in [0.29, 0.717) is 24.9 Å². The molecule has 0 radical (unpaired) electrons. The Hall–Kier alpha value is -4.06. The lowest BCUT2D eigenvalue weighted by atomic mass is 10.0. The molecule has 0 unspecified atom stereocenters. The average Bonchev–Trinajstić information content (AvgIpc) is 3.85. The summed E-state index contributed by atoms with van der Waals surface area (Å²) in [4.78, 5) is 31.9. The first-order valence-electron chi connectivity index (χ1n) is 16.4. The molecule has 3 aromatic rings. The molecular formula is C35H43N7O5S. The summed E-state index contributed by atoms with van der Waals surface area (Å²) in [6.07, 6.45) is 1.94. The summed E-state index contributed by atoms with van der Waals surface area (Å²) in [5.41, 5.74) is 6.58. The Balaban J connectivity index is 1.05. The number of benzene rings is 2. The number of nitrogens with zero attached hydrogens (tertiary/aromatic N) is 3. The fourth-order valence-electron chi connectivity index (χ4n) is 6.85. The summed E-state index contributed by atoms with van der Waals surface area (Å²) >= 11 is 0. The summed E-state index contributed by atoms with van der Waals surface area (Å²) in [5.74, 6) is -0.744. The van der Waals surface area contributed by atoms with Gasteiger partial charge in [0.2, 0.25) is 15.9 Å². The third kappa shape index (κ3) is 7.97. The smallest absolute Gasteiger partial charge is 0.251 e. The molecule has 3 aliphatic rings. The molecule has 48 heavy (non-hydrogen) atoms. The molecule has 0 spiro atoms. The van der Waals surface area contributed by atoms with Crippen LogP contribution in [0.25, 0.3) is 22.5 Å². The number of morpholine rings is 1. The van der Waals surface area contributed by atoms with Crippen molar-refractivity contribution in [3.8, 4) is 28.6 Å². The summed E-state index contributed by atoms with van der Waals surface area (Å²) in [6, 6.07) is 19.2. The third-order valence-corrected chi connectivity index (χ3v) is 10.8. The van der Waals surface area contributed by atoms with Crippen molar-refractivity contribution in [1.29, 1.82) is 5.26 Å². The second-order valence-electron chi connectivity index (χ2n) is 13.1. The van der Waals surface area contributed by atoms with Crippen LogP contribution in [0.1, 0.15) is 34.3 Å². The Morgan fingerprint density at radius 2 is 1.73 bits per heavy atom. The number of hydrogen-bond acceptors (Lipinski definition) is 8. The van der Waals surface area contributed by atoms with Gasteiger partial charge in [0, 0.05) is 68.3 Å². The molecule has 3 aliphatic heterocycles. The van der Waals surface area contributed by atoms with Crippen LogP contribution in [-0.2, 0) is 26.1 Å². The SMILES string of the molecule is Cc1cc(-c2ccc(-c3ccc(CN4CCOCC4)cc3)[nH]2)ccc1C(=O)NC[C@H]1C[C@@H](NC(=O)[C@@H]2C[C@H](C#N)CN2)CN1S(C)(=O)=O. The van der Waals surface area contributed by atoms with Gasteiger partial charge in [-0.3, -0.25) is 14.5 Å². The van der Waals surface area contributed by atoms with E-state index in [9.17, 15) is 18.0 Å². The molecule has 0 bridgehead atoms. The Bertz CT molecular complexity index is 1780. The van der Waals surface area contributed by atoms with E-state index >= 15 is 0 Å². The van der Waals surface area contributed by atoms with Gasteiger partial charge in [0.25, 0.3) is 5.91 Å². The van der Waals surface area contributed by atoms with Gasteiger partial charge in [-0.2, -0.15) is 9.57 Å². The molecule has 0 saturated carbocycles. The highest BCUT2D eigenvalue weighted by Gasteiger charge is 2.40. The van der Waals surface area contributed by atoms with Crippen LogP contribution in [0.5, 0.6) is 0 Å². The molecule has 2 aromatic carbocycles. The van der Waals surface area contributed by atoms with Crippen LogP contribution < -0.4 is 16.0 Å². The molecule has 12 nitrogen and oxygen atoms in total. The van der Waals surface area contributed by atoms with Gasteiger partial charge in [0.05, 0.1) is 37.5 Å². The molecule has 2 amide bonds. The summed E-state index contributed by atoms with van der Waals surface area (Å²) < 4.78 is 31.9. The van der Waals surface area contributed by atoms with Crippen LogP contribution in [0.4, 0.5) is 0 Å². The van der Waals surface area contributed by atoms with Gasteiger partial charge >= 0.3 is 0 Å². The van der Waals surface area contributed by atoms with E-state index in [-0.39, 0.29) is 30.8 Å². The second-order valence-corrected chi connectivity index (χ2v) is 15.0. The maximum atomic E-state index is 13.3. The van der Waals surface area contributed by atoms with E-state index in [4.69, 9.17) is 10.00 Å². The predicted octanol–water partition coefficient (Wildman–Crippen LogP) is 2.24. The second kappa shape index (κ2) is 14.6. The number of carbonyl (C=O) groups is 2. The fraction of sp³-hybridized carbons (Fsp3) is 0.457. The van der Waals surface area contributed by atoms with Crippen molar-refractivity contribution in [1.82, 2.24) is 30.1 Å². The molecule has 0 aliphatic carbocycles. The number of sulfonamides is 1. The normalized spacial score (nSPS) is 23.5. The average molecular weight is 674 g/mol. The van der Waals surface area contributed by atoms with Crippen molar-refractivity contribution in [2.75, 3.05) is 52.2 Å². The monoisotopic (exact) mass is 673 g/mol. The van der Waals surface area contributed by atoms with Crippen LogP contribution in [0.15, 0.2) is 54.6 Å².